The molecule has 0 heterocycles. The summed E-state index contributed by atoms with van der Waals surface area (Å²) < 4.78 is 0. The summed E-state index contributed by atoms with van der Waals surface area (Å²) in [7, 11) is 0. The second-order valence-corrected chi connectivity index (χ2v) is 11.2. The van der Waals surface area contributed by atoms with Gasteiger partial charge in [-0.05, 0) is 76.6 Å². The minimum Gasteiger partial charge on any atom is -0.507 e. The van der Waals surface area contributed by atoms with Crippen LogP contribution in [-0.2, 0) is 12.8 Å². The Kier molecular flexibility index (Phi) is 9.42. The number of phenols is 2. The Bertz CT molecular complexity index is 1430. The van der Waals surface area contributed by atoms with E-state index in [-0.39, 0.29) is 11.8 Å². The molecule has 0 saturated carbocycles. The molecule has 40 heavy (non-hydrogen) atoms. The van der Waals surface area contributed by atoms with Crippen molar-refractivity contribution in [2.45, 2.75) is 79.1 Å². The molecule has 0 atom stereocenters. The lowest BCUT2D eigenvalue weighted by molar-refractivity contribution is 0.463. The van der Waals surface area contributed by atoms with Crippen molar-refractivity contribution in [1.82, 2.24) is 0 Å². The van der Waals surface area contributed by atoms with Crippen LogP contribution in [0.25, 0.3) is 10.8 Å². The monoisotopic (exact) mass is 534 g/mol. The fourth-order valence-corrected chi connectivity index (χ4v) is 5.23. The van der Waals surface area contributed by atoms with Crippen molar-refractivity contribution in [2.75, 3.05) is 0 Å². The molecule has 208 valence electrons. The van der Waals surface area contributed by atoms with Crippen molar-refractivity contribution in [3.05, 3.63) is 94.0 Å². The molecule has 4 aromatic rings. The molecule has 2 N–H and O–H groups in total. The maximum absolute atomic E-state index is 11.0. The summed E-state index contributed by atoms with van der Waals surface area (Å²) in [6, 6.07) is 20.3. The van der Waals surface area contributed by atoms with Crippen molar-refractivity contribution < 1.29 is 10.2 Å². The molecule has 4 heteroatoms. The molecular weight excluding hydrogens is 492 g/mol. The predicted octanol–water partition coefficient (Wildman–Crippen LogP) is 9.90. The summed E-state index contributed by atoms with van der Waals surface area (Å²) in [4.78, 5) is 9.74. The Morgan fingerprint density at radius 2 is 1.07 bits per heavy atom. The summed E-state index contributed by atoms with van der Waals surface area (Å²) in [5, 5.41) is 24.0. The number of phenolic OH excluding ortho intramolecular Hbond substituents is 2. The van der Waals surface area contributed by atoms with Crippen LogP contribution in [0.2, 0.25) is 0 Å². The summed E-state index contributed by atoms with van der Waals surface area (Å²) in [5.74, 6) is 1.01. The summed E-state index contributed by atoms with van der Waals surface area (Å²) in [6.07, 6.45) is 7.53. The first-order valence-electron chi connectivity index (χ1n) is 14.5. The fourth-order valence-electron chi connectivity index (χ4n) is 5.23. The molecule has 0 amide bonds. The largest absolute Gasteiger partial charge is 0.507 e. The van der Waals surface area contributed by atoms with Crippen LogP contribution in [0.3, 0.4) is 0 Å². The van der Waals surface area contributed by atoms with Crippen LogP contribution in [0.4, 0.5) is 11.4 Å². The maximum Gasteiger partial charge on any atom is 0.127 e. The molecule has 0 bridgehead atoms. The average molecular weight is 535 g/mol. The van der Waals surface area contributed by atoms with Crippen LogP contribution < -0.4 is 0 Å². The molecule has 0 aliphatic rings. The summed E-state index contributed by atoms with van der Waals surface area (Å²) >= 11 is 0. The third-order valence-electron chi connectivity index (χ3n) is 7.32. The van der Waals surface area contributed by atoms with E-state index in [9.17, 15) is 10.2 Å². The number of fused-ring (bicyclic) bond motifs is 1. The first-order chi connectivity index (χ1) is 19.2. The van der Waals surface area contributed by atoms with Crippen LogP contribution >= 0.6 is 0 Å². The number of rotatable bonds is 10. The molecule has 0 radical (unpaired) electrons. The Hall–Kier alpha value is -3.92. The quantitative estimate of drug-likeness (QED) is 0.199. The molecule has 4 rings (SSSR count). The fraction of sp³-hybridized carbons (Fsp3) is 0.333. The van der Waals surface area contributed by atoms with Gasteiger partial charge in [-0.2, -0.15) is 0 Å². The number of aliphatic imine (C=N–C) groups is 2. The van der Waals surface area contributed by atoms with E-state index in [2.05, 4.69) is 65.8 Å². The zero-order valence-electron chi connectivity index (χ0n) is 24.7. The van der Waals surface area contributed by atoms with E-state index in [4.69, 9.17) is 9.98 Å². The SMILES string of the molecule is CCCc1cc(C=Nc2cccc3cccc(N=Cc4cc(CCC)cc(C(C)C)c4O)c23)c(O)c(C(C)C)c1. The number of hydrogen-bond acceptors (Lipinski definition) is 4. The molecule has 0 aliphatic carbocycles. The van der Waals surface area contributed by atoms with Crippen LogP contribution in [0.1, 0.15) is 99.6 Å². The van der Waals surface area contributed by atoms with E-state index in [0.717, 1.165) is 70.1 Å². The topological polar surface area (TPSA) is 65.2 Å². The highest BCUT2D eigenvalue weighted by molar-refractivity contribution is 6.04. The highest BCUT2D eigenvalue weighted by Crippen LogP contribution is 2.36. The number of aromatic hydroxyl groups is 2. The zero-order valence-corrected chi connectivity index (χ0v) is 24.7. The first-order valence-corrected chi connectivity index (χ1v) is 14.5. The Morgan fingerprint density at radius 1 is 0.650 bits per heavy atom. The summed E-state index contributed by atoms with van der Waals surface area (Å²) in [6.45, 7) is 12.7. The third-order valence-corrected chi connectivity index (χ3v) is 7.32. The molecule has 0 fully saturated rings. The van der Waals surface area contributed by atoms with Gasteiger partial charge in [0.2, 0.25) is 0 Å². The van der Waals surface area contributed by atoms with E-state index in [1.165, 1.54) is 11.1 Å². The van der Waals surface area contributed by atoms with E-state index >= 15 is 0 Å². The number of aryl methyl sites for hydroxylation is 2. The van der Waals surface area contributed by atoms with Crippen molar-refractivity contribution in [2.24, 2.45) is 9.98 Å². The highest BCUT2D eigenvalue weighted by Gasteiger charge is 2.14. The Balaban J connectivity index is 1.79. The zero-order chi connectivity index (χ0) is 28.8. The molecule has 0 spiro atoms. The highest BCUT2D eigenvalue weighted by atomic mass is 16.3. The van der Waals surface area contributed by atoms with Crippen molar-refractivity contribution in [3.63, 3.8) is 0 Å². The third kappa shape index (κ3) is 6.44. The van der Waals surface area contributed by atoms with E-state index in [1.807, 2.05) is 36.4 Å². The van der Waals surface area contributed by atoms with Crippen LogP contribution in [0.5, 0.6) is 11.5 Å². The van der Waals surface area contributed by atoms with Gasteiger partial charge in [0.15, 0.2) is 0 Å². The van der Waals surface area contributed by atoms with Gasteiger partial charge in [0, 0.05) is 28.9 Å². The van der Waals surface area contributed by atoms with Crippen LogP contribution in [0, 0.1) is 0 Å². The number of nitrogens with zero attached hydrogens (tertiary/aromatic N) is 2. The standard InChI is InChI=1S/C36H42N2O2/c1-7-11-25-17-28(35(39)30(19-25)23(3)4)21-37-32-15-9-13-27-14-10-16-33(34(27)32)38-22-29-18-26(12-8-2)20-31(24(5)6)36(29)40/h9-10,13-24,39-40H,7-8,11-12H2,1-6H3. The normalized spacial score (nSPS) is 12.1. The molecule has 0 saturated heterocycles. The van der Waals surface area contributed by atoms with Gasteiger partial charge in [0.05, 0.1) is 11.4 Å². The molecule has 4 aromatic carbocycles. The van der Waals surface area contributed by atoms with Crippen molar-refractivity contribution in [1.29, 1.82) is 0 Å². The van der Waals surface area contributed by atoms with Gasteiger partial charge in [-0.1, -0.05) is 90.8 Å². The number of hydrogen-bond donors (Lipinski definition) is 2. The molecule has 0 unspecified atom stereocenters. The van der Waals surface area contributed by atoms with Crippen LogP contribution in [0.15, 0.2) is 70.6 Å². The summed E-state index contributed by atoms with van der Waals surface area (Å²) in [5.41, 5.74) is 7.33. The van der Waals surface area contributed by atoms with E-state index in [1.54, 1.807) is 12.4 Å². The smallest absolute Gasteiger partial charge is 0.127 e. The van der Waals surface area contributed by atoms with Gasteiger partial charge in [0.25, 0.3) is 0 Å². The van der Waals surface area contributed by atoms with Gasteiger partial charge in [-0.25, -0.2) is 0 Å². The van der Waals surface area contributed by atoms with E-state index < -0.39 is 0 Å². The lowest BCUT2D eigenvalue weighted by atomic mass is 9.95. The molecule has 0 aromatic heterocycles. The van der Waals surface area contributed by atoms with Gasteiger partial charge in [0.1, 0.15) is 11.5 Å². The lowest BCUT2D eigenvalue weighted by Crippen LogP contribution is -1.97. The maximum atomic E-state index is 11.0. The lowest BCUT2D eigenvalue weighted by Gasteiger charge is -2.14. The molecular formula is C36H42N2O2. The predicted molar refractivity (Wildman–Crippen MR) is 171 cm³/mol. The second-order valence-electron chi connectivity index (χ2n) is 11.2. The van der Waals surface area contributed by atoms with Gasteiger partial charge < -0.3 is 10.2 Å². The molecule has 0 aliphatic heterocycles. The average Bonchev–Trinajstić information content (AvgIpc) is 2.93. The number of benzene rings is 4. The van der Waals surface area contributed by atoms with Gasteiger partial charge in [-0.15, -0.1) is 0 Å². The van der Waals surface area contributed by atoms with E-state index in [0.29, 0.717) is 11.5 Å². The van der Waals surface area contributed by atoms with Gasteiger partial charge in [-0.3, -0.25) is 9.98 Å². The Labute approximate surface area is 239 Å². The Morgan fingerprint density at radius 3 is 1.45 bits per heavy atom. The first kappa shape index (κ1) is 29.1. The van der Waals surface area contributed by atoms with Gasteiger partial charge >= 0.3 is 0 Å². The van der Waals surface area contributed by atoms with Crippen molar-refractivity contribution >= 4 is 34.6 Å². The minimum absolute atomic E-state index is 0.214. The molecule has 4 nitrogen and oxygen atoms in total. The minimum atomic E-state index is 0.214. The van der Waals surface area contributed by atoms with Crippen molar-refractivity contribution in [3.8, 4) is 11.5 Å². The van der Waals surface area contributed by atoms with Crippen LogP contribution in [-0.4, -0.2) is 22.6 Å². The second kappa shape index (κ2) is 13.0.